The van der Waals surface area contributed by atoms with Crippen molar-refractivity contribution in [3.8, 4) is 0 Å². The third kappa shape index (κ3) is 8.16. The minimum atomic E-state index is -2.65. The summed E-state index contributed by atoms with van der Waals surface area (Å²) in [5, 5.41) is 0. The van der Waals surface area contributed by atoms with Crippen molar-refractivity contribution in [2.75, 3.05) is 13.7 Å². The average Bonchev–Trinajstić information content (AvgIpc) is 1.82. The van der Waals surface area contributed by atoms with E-state index in [1.807, 2.05) is 0 Å². The Morgan fingerprint density at radius 2 is 1.62 bits per heavy atom. The van der Waals surface area contributed by atoms with Gasteiger partial charge in [-0.05, 0) is 18.3 Å². The molecule has 0 spiro atoms. The Morgan fingerprint density at radius 1 is 1.08 bits per heavy atom. The number of alkyl halides is 2. The molecule has 0 aromatic rings. The highest BCUT2D eigenvalue weighted by molar-refractivity contribution is 4.68. The fourth-order valence-electron chi connectivity index (χ4n) is 1.16. The fourth-order valence-corrected chi connectivity index (χ4v) is 1.16. The van der Waals surface area contributed by atoms with E-state index in [4.69, 9.17) is 0 Å². The highest BCUT2D eigenvalue weighted by Gasteiger charge is 2.28. The van der Waals surface area contributed by atoms with E-state index >= 15 is 0 Å². The smallest absolute Gasteiger partial charge is 0.270 e. The third-order valence-electron chi connectivity index (χ3n) is 1.82. The molecule has 0 aromatic carbocycles. The van der Waals surface area contributed by atoms with Crippen molar-refractivity contribution >= 4 is 0 Å². The second kappa shape index (κ2) is 4.89. The lowest BCUT2D eigenvalue weighted by atomic mass is 9.89. The van der Waals surface area contributed by atoms with Gasteiger partial charge in [0.2, 0.25) is 0 Å². The van der Waals surface area contributed by atoms with Crippen LogP contribution in [0.1, 0.15) is 40.0 Å². The third-order valence-corrected chi connectivity index (χ3v) is 1.82. The van der Waals surface area contributed by atoms with Gasteiger partial charge in [0.1, 0.15) is 6.61 Å². The second-order valence-corrected chi connectivity index (χ2v) is 4.70. The number of rotatable bonds is 5. The van der Waals surface area contributed by atoms with Gasteiger partial charge >= 0.3 is 0 Å². The van der Waals surface area contributed by atoms with E-state index < -0.39 is 12.5 Å². The van der Waals surface area contributed by atoms with Gasteiger partial charge in [0.05, 0.1) is 0 Å². The molecule has 13 heavy (non-hydrogen) atoms. The van der Waals surface area contributed by atoms with Crippen LogP contribution in [0.2, 0.25) is 0 Å². The molecule has 0 bridgehead atoms. The summed E-state index contributed by atoms with van der Waals surface area (Å²) in [5.41, 5.74) is 0.142. The molecule has 0 heterocycles. The lowest BCUT2D eigenvalue weighted by molar-refractivity contribution is -0.0721. The monoisotopic (exact) mass is 194 g/mol. The highest BCUT2D eigenvalue weighted by Crippen LogP contribution is 2.27. The van der Waals surface area contributed by atoms with Crippen LogP contribution in [0.25, 0.3) is 0 Å². The van der Waals surface area contributed by atoms with Crippen LogP contribution in [0, 0.1) is 5.41 Å². The molecule has 0 fully saturated rings. The van der Waals surface area contributed by atoms with Gasteiger partial charge in [0, 0.05) is 13.5 Å². The summed E-state index contributed by atoms with van der Waals surface area (Å²) in [6, 6.07) is 0. The van der Waals surface area contributed by atoms with Crippen molar-refractivity contribution < 1.29 is 13.5 Å². The van der Waals surface area contributed by atoms with Crippen molar-refractivity contribution in [2.24, 2.45) is 5.41 Å². The van der Waals surface area contributed by atoms with Crippen LogP contribution >= 0.6 is 0 Å². The largest absolute Gasteiger partial charge is 0.378 e. The standard InChI is InChI=1S/C10H20F2O/c1-9(2,3)6-5-7-10(11,12)8-13-4/h5-8H2,1-4H3. The maximum Gasteiger partial charge on any atom is 0.270 e. The number of ether oxygens (including phenoxy) is 1. The van der Waals surface area contributed by atoms with Crippen molar-refractivity contribution in [3.63, 3.8) is 0 Å². The Balaban J connectivity index is 3.63. The van der Waals surface area contributed by atoms with E-state index in [0.717, 1.165) is 6.42 Å². The summed E-state index contributed by atoms with van der Waals surface area (Å²) in [4.78, 5) is 0. The van der Waals surface area contributed by atoms with Gasteiger partial charge in [-0.3, -0.25) is 0 Å². The summed E-state index contributed by atoms with van der Waals surface area (Å²) < 4.78 is 30.2. The Bertz CT molecular complexity index is 138. The molecule has 0 atom stereocenters. The first-order valence-electron chi connectivity index (χ1n) is 4.64. The van der Waals surface area contributed by atoms with Crippen LogP contribution in [0.15, 0.2) is 0 Å². The predicted molar refractivity (Wildman–Crippen MR) is 50.1 cm³/mol. The summed E-state index contributed by atoms with van der Waals surface area (Å²) in [6.07, 6.45) is 1.31. The zero-order valence-electron chi connectivity index (χ0n) is 8.99. The molecule has 0 unspecified atom stereocenters. The molecule has 0 aliphatic carbocycles. The van der Waals surface area contributed by atoms with Crippen LogP contribution in [0.3, 0.4) is 0 Å². The van der Waals surface area contributed by atoms with E-state index in [1.54, 1.807) is 0 Å². The lowest BCUT2D eigenvalue weighted by Crippen LogP contribution is -2.23. The SMILES string of the molecule is COCC(F)(F)CCCC(C)(C)C. The van der Waals surface area contributed by atoms with Crippen molar-refractivity contribution in [1.82, 2.24) is 0 Å². The van der Waals surface area contributed by atoms with E-state index in [1.165, 1.54) is 7.11 Å². The maximum atomic E-state index is 12.9. The van der Waals surface area contributed by atoms with Gasteiger partial charge in [0.25, 0.3) is 5.92 Å². The summed E-state index contributed by atoms with van der Waals surface area (Å²) >= 11 is 0. The van der Waals surface area contributed by atoms with E-state index in [2.05, 4.69) is 25.5 Å². The topological polar surface area (TPSA) is 9.23 Å². The number of hydrogen-bond acceptors (Lipinski definition) is 1. The molecule has 0 rings (SSSR count). The van der Waals surface area contributed by atoms with Gasteiger partial charge in [-0.2, -0.15) is 0 Å². The molecule has 1 nitrogen and oxygen atoms in total. The van der Waals surface area contributed by atoms with Crippen LogP contribution in [-0.2, 0) is 4.74 Å². The molecule has 0 radical (unpaired) electrons. The Labute approximate surface area is 79.5 Å². The van der Waals surface area contributed by atoms with Gasteiger partial charge in [-0.15, -0.1) is 0 Å². The highest BCUT2D eigenvalue weighted by atomic mass is 19.3. The average molecular weight is 194 g/mol. The van der Waals surface area contributed by atoms with E-state index in [-0.39, 0.29) is 11.8 Å². The summed E-state index contributed by atoms with van der Waals surface area (Å²) in [7, 11) is 1.30. The summed E-state index contributed by atoms with van der Waals surface area (Å²) in [6.45, 7) is 5.71. The van der Waals surface area contributed by atoms with Crippen LogP contribution in [0.5, 0.6) is 0 Å². The molecule has 0 aliphatic heterocycles. The molecule has 0 saturated carbocycles. The first kappa shape index (κ1) is 12.8. The molecular weight excluding hydrogens is 174 g/mol. The van der Waals surface area contributed by atoms with Gasteiger partial charge in [-0.1, -0.05) is 20.8 Å². The second-order valence-electron chi connectivity index (χ2n) is 4.70. The molecule has 0 aliphatic rings. The fraction of sp³-hybridized carbons (Fsp3) is 1.00. The number of hydrogen-bond donors (Lipinski definition) is 0. The van der Waals surface area contributed by atoms with Crippen LogP contribution in [0.4, 0.5) is 8.78 Å². The molecule has 0 amide bonds. The van der Waals surface area contributed by atoms with Crippen molar-refractivity contribution in [3.05, 3.63) is 0 Å². The Hall–Kier alpha value is -0.180. The normalized spacial score (nSPS) is 13.4. The molecular formula is C10H20F2O. The summed E-state index contributed by atoms with van der Waals surface area (Å²) in [5.74, 6) is -2.65. The van der Waals surface area contributed by atoms with Gasteiger partial charge in [0.15, 0.2) is 0 Å². The van der Waals surface area contributed by atoms with Crippen LogP contribution < -0.4 is 0 Å². The van der Waals surface area contributed by atoms with E-state index in [9.17, 15) is 8.78 Å². The Kier molecular flexibility index (Phi) is 4.82. The quantitative estimate of drug-likeness (QED) is 0.651. The zero-order valence-corrected chi connectivity index (χ0v) is 8.99. The van der Waals surface area contributed by atoms with Crippen LogP contribution in [-0.4, -0.2) is 19.6 Å². The molecule has 0 saturated heterocycles. The van der Waals surface area contributed by atoms with Gasteiger partial charge < -0.3 is 4.74 Å². The lowest BCUT2D eigenvalue weighted by Gasteiger charge is -2.20. The minimum Gasteiger partial charge on any atom is -0.378 e. The molecule has 80 valence electrons. The Morgan fingerprint density at radius 3 is 2.00 bits per heavy atom. The van der Waals surface area contributed by atoms with Crippen molar-refractivity contribution in [1.29, 1.82) is 0 Å². The van der Waals surface area contributed by atoms with Crippen molar-refractivity contribution in [2.45, 2.75) is 46.0 Å². The van der Waals surface area contributed by atoms with Gasteiger partial charge in [-0.25, -0.2) is 8.78 Å². The zero-order chi connectivity index (χ0) is 10.5. The number of methoxy groups -OCH3 is 1. The predicted octanol–water partition coefficient (Wildman–Crippen LogP) is 3.48. The minimum absolute atomic E-state index is 0.0713. The molecule has 0 aromatic heterocycles. The van der Waals surface area contributed by atoms with E-state index in [0.29, 0.717) is 6.42 Å². The first-order chi connectivity index (χ1) is 5.77. The maximum absolute atomic E-state index is 12.9. The molecule has 0 N–H and O–H groups in total. The first-order valence-corrected chi connectivity index (χ1v) is 4.64. The molecule has 3 heteroatoms. The number of halogens is 2.